The van der Waals surface area contributed by atoms with Gasteiger partial charge in [0, 0.05) is 5.56 Å². The number of benzene rings is 1. The van der Waals surface area contributed by atoms with E-state index in [1.807, 2.05) is 0 Å². The number of hydrogen-bond donors (Lipinski definition) is 3. The van der Waals surface area contributed by atoms with Crippen LogP contribution in [0.25, 0.3) is 0 Å². The maximum Gasteiger partial charge on any atom is 0.141 e. The molecule has 76 valence electrons. The fraction of sp³-hybridized carbons (Fsp3) is 0.250. The molecule has 0 saturated heterocycles. The van der Waals surface area contributed by atoms with Crippen molar-refractivity contribution in [1.29, 1.82) is 0 Å². The quantitative estimate of drug-likeness (QED) is 0.360. The lowest BCUT2D eigenvalue weighted by Gasteiger charge is -2.07. The van der Waals surface area contributed by atoms with Gasteiger partial charge in [0.15, 0.2) is 0 Å². The van der Waals surface area contributed by atoms with Crippen molar-refractivity contribution in [2.24, 2.45) is 0 Å². The van der Waals surface area contributed by atoms with Gasteiger partial charge in [-0.25, -0.2) is 0 Å². The van der Waals surface area contributed by atoms with Gasteiger partial charge in [-0.05, 0) is 25.5 Å². The first-order chi connectivity index (χ1) is 5.04. The predicted octanol–water partition coefficient (Wildman–Crippen LogP) is 2.14. The number of rotatable bonds is 0. The molecule has 1 aromatic carbocycles. The third-order valence-electron chi connectivity index (χ3n) is 1.77. The van der Waals surface area contributed by atoms with Gasteiger partial charge in [0.2, 0.25) is 0 Å². The van der Waals surface area contributed by atoms with Crippen LogP contribution in [0, 0.1) is 13.8 Å². The van der Waals surface area contributed by atoms with E-state index in [-0.39, 0.29) is 42.0 Å². The molecular weight excluding hydrogens is 213 g/mol. The van der Waals surface area contributed by atoms with E-state index in [1.165, 1.54) is 6.07 Å². The molecule has 0 unspecified atom stereocenters. The average molecular weight is 226 g/mol. The normalized spacial score (nSPS) is 8.46. The summed E-state index contributed by atoms with van der Waals surface area (Å²) in [5.74, 6) is 0.179. The summed E-state index contributed by atoms with van der Waals surface area (Å²) in [5.41, 5.74) is 6.84. The lowest BCUT2D eigenvalue weighted by Crippen LogP contribution is -1.92. The molecule has 0 aliphatic heterocycles. The molecule has 0 atom stereocenters. The number of anilines is 1. The molecule has 0 aromatic heterocycles. The fourth-order valence-corrected chi connectivity index (χ4v) is 0.910. The second-order valence-electron chi connectivity index (χ2n) is 2.60. The van der Waals surface area contributed by atoms with Gasteiger partial charge in [0.1, 0.15) is 11.5 Å². The molecule has 1 aromatic rings. The molecule has 0 radical (unpaired) electrons. The lowest BCUT2D eigenvalue weighted by molar-refractivity contribution is 0.456. The number of nitrogen functional groups attached to an aromatic ring is 1. The van der Waals surface area contributed by atoms with Crippen molar-refractivity contribution in [3.63, 3.8) is 0 Å². The summed E-state index contributed by atoms with van der Waals surface area (Å²) in [6, 6.07) is 1.49. The standard InChI is InChI=1S/C8H11NO2.2ClH/c1-4-3-6(10)5(2)7(9)8(4)11;;/h3,10-11H,9H2,1-2H3;2*1H. The maximum atomic E-state index is 9.28. The Morgan fingerprint density at radius 1 is 1.15 bits per heavy atom. The highest BCUT2D eigenvalue weighted by molar-refractivity contribution is 5.85. The van der Waals surface area contributed by atoms with Crippen LogP contribution in [0.1, 0.15) is 11.1 Å². The van der Waals surface area contributed by atoms with E-state index < -0.39 is 0 Å². The van der Waals surface area contributed by atoms with Crippen molar-refractivity contribution in [1.82, 2.24) is 0 Å². The van der Waals surface area contributed by atoms with Gasteiger partial charge in [0.05, 0.1) is 5.69 Å². The van der Waals surface area contributed by atoms with Crippen LogP contribution < -0.4 is 5.73 Å². The average Bonchev–Trinajstić information content (AvgIpc) is 1.97. The molecule has 4 N–H and O–H groups in total. The monoisotopic (exact) mass is 225 g/mol. The van der Waals surface area contributed by atoms with Crippen molar-refractivity contribution >= 4 is 30.5 Å². The summed E-state index contributed by atoms with van der Waals surface area (Å²) in [6.07, 6.45) is 0. The Hall–Kier alpha value is -0.800. The first-order valence-corrected chi connectivity index (χ1v) is 3.31. The van der Waals surface area contributed by atoms with Crippen LogP contribution in [-0.4, -0.2) is 10.2 Å². The van der Waals surface area contributed by atoms with Crippen molar-refractivity contribution < 1.29 is 10.2 Å². The molecular formula is C8H13Cl2NO2. The van der Waals surface area contributed by atoms with E-state index in [0.717, 1.165) is 0 Å². The number of phenolic OH excluding ortho intramolecular Hbond substituents is 2. The highest BCUT2D eigenvalue weighted by Gasteiger charge is 2.07. The predicted molar refractivity (Wildman–Crippen MR) is 58.2 cm³/mol. The van der Waals surface area contributed by atoms with Crippen molar-refractivity contribution in [3.05, 3.63) is 17.2 Å². The van der Waals surface area contributed by atoms with Crippen molar-refractivity contribution in [3.8, 4) is 11.5 Å². The Kier molecular flexibility index (Phi) is 5.71. The van der Waals surface area contributed by atoms with Crippen LogP contribution in [0.5, 0.6) is 11.5 Å². The van der Waals surface area contributed by atoms with Gasteiger partial charge in [-0.15, -0.1) is 24.8 Å². The summed E-state index contributed by atoms with van der Waals surface area (Å²) in [7, 11) is 0. The lowest BCUT2D eigenvalue weighted by atomic mass is 10.1. The Bertz CT molecular complexity index is 276. The molecule has 3 nitrogen and oxygen atoms in total. The zero-order valence-corrected chi connectivity index (χ0v) is 9.00. The number of nitrogens with two attached hydrogens (primary N) is 1. The molecule has 0 aliphatic rings. The van der Waals surface area contributed by atoms with Gasteiger partial charge in [-0.2, -0.15) is 0 Å². The minimum atomic E-state index is 0. The molecule has 0 bridgehead atoms. The number of halogens is 2. The number of aryl methyl sites for hydroxylation is 1. The van der Waals surface area contributed by atoms with Crippen molar-refractivity contribution in [2.45, 2.75) is 13.8 Å². The van der Waals surface area contributed by atoms with Gasteiger partial charge in [-0.1, -0.05) is 0 Å². The molecule has 0 amide bonds. The van der Waals surface area contributed by atoms with Gasteiger partial charge < -0.3 is 15.9 Å². The van der Waals surface area contributed by atoms with Crippen LogP contribution in [-0.2, 0) is 0 Å². The molecule has 13 heavy (non-hydrogen) atoms. The second kappa shape index (κ2) is 5.04. The summed E-state index contributed by atoms with van der Waals surface area (Å²) >= 11 is 0. The second-order valence-corrected chi connectivity index (χ2v) is 2.60. The Morgan fingerprint density at radius 2 is 1.62 bits per heavy atom. The molecule has 0 heterocycles. The third kappa shape index (κ3) is 2.57. The van der Waals surface area contributed by atoms with Crippen LogP contribution >= 0.6 is 24.8 Å². The fourth-order valence-electron chi connectivity index (χ4n) is 0.910. The van der Waals surface area contributed by atoms with Gasteiger partial charge in [-0.3, -0.25) is 0 Å². The third-order valence-corrected chi connectivity index (χ3v) is 1.77. The van der Waals surface area contributed by atoms with E-state index in [1.54, 1.807) is 13.8 Å². The largest absolute Gasteiger partial charge is 0.508 e. The van der Waals surface area contributed by atoms with E-state index in [0.29, 0.717) is 11.1 Å². The van der Waals surface area contributed by atoms with E-state index in [9.17, 15) is 10.2 Å². The van der Waals surface area contributed by atoms with E-state index in [4.69, 9.17) is 5.73 Å². The van der Waals surface area contributed by atoms with Crippen LogP contribution in [0.3, 0.4) is 0 Å². The van der Waals surface area contributed by atoms with E-state index >= 15 is 0 Å². The molecule has 0 spiro atoms. The zero-order valence-electron chi connectivity index (χ0n) is 7.37. The Balaban J connectivity index is 0. The summed E-state index contributed by atoms with van der Waals surface area (Å²) < 4.78 is 0. The van der Waals surface area contributed by atoms with Crippen molar-refractivity contribution in [2.75, 3.05) is 5.73 Å². The first kappa shape index (κ1) is 14.7. The van der Waals surface area contributed by atoms with Gasteiger partial charge >= 0.3 is 0 Å². The number of aromatic hydroxyl groups is 2. The first-order valence-electron chi connectivity index (χ1n) is 3.31. The molecule has 0 saturated carbocycles. The highest BCUT2D eigenvalue weighted by Crippen LogP contribution is 2.33. The smallest absolute Gasteiger partial charge is 0.141 e. The minimum Gasteiger partial charge on any atom is -0.508 e. The molecule has 0 aliphatic carbocycles. The van der Waals surface area contributed by atoms with Crippen LogP contribution in [0.2, 0.25) is 0 Å². The Labute approximate surface area is 89.4 Å². The van der Waals surface area contributed by atoms with Gasteiger partial charge in [0.25, 0.3) is 0 Å². The molecule has 0 fully saturated rings. The molecule has 5 heteroatoms. The zero-order chi connectivity index (χ0) is 8.59. The summed E-state index contributed by atoms with van der Waals surface area (Å²) in [5, 5.41) is 18.5. The minimum absolute atomic E-state index is 0. The summed E-state index contributed by atoms with van der Waals surface area (Å²) in [6.45, 7) is 3.34. The highest BCUT2D eigenvalue weighted by atomic mass is 35.5. The molecule has 1 rings (SSSR count). The van der Waals surface area contributed by atoms with Crippen LogP contribution in [0.15, 0.2) is 6.07 Å². The van der Waals surface area contributed by atoms with Crippen LogP contribution in [0.4, 0.5) is 5.69 Å². The SMILES string of the molecule is Cc1cc(O)c(C)c(N)c1O.Cl.Cl. The summed E-state index contributed by atoms with van der Waals surface area (Å²) in [4.78, 5) is 0. The topological polar surface area (TPSA) is 66.5 Å². The Morgan fingerprint density at radius 3 is 2.08 bits per heavy atom. The maximum absolute atomic E-state index is 9.28. The van der Waals surface area contributed by atoms with E-state index in [2.05, 4.69) is 0 Å². The number of hydrogen-bond acceptors (Lipinski definition) is 3. The number of phenols is 2.